The van der Waals surface area contributed by atoms with Crippen LogP contribution in [-0.2, 0) is 6.54 Å². The Bertz CT molecular complexity index is 1310. The van der Waals surface area contributed by atoms with Crippen LogP contribution in [-0.4, -0.2) is 39.0 Å². The standard InChI is InChI=1S/C24H23N3O5S/c1-14-10-19(15(2)27(14)11-17-12-30-21-6-4-5-7-22(21)31-17)20(28)13-33-24-26-25-23(32-24)18-8-9-29-16(18)3/h4-10,17H,11-13H2,1-3H3/t17-/m0/s1. The summed E-state index contributed by atoms with van der Waals surface area (Å²) in [4.78, 5) is 13.0. The van der Waals surface area contributed by atoms with Crippen molar-refractivity contribution in [3.05, 3.63) is 65.4 Å². The van der Waals surface area contributed by atoms with Gasteiger partial charge in [-0.3, -0.25) is 4.79 Å². The van der Waals surface area contributed by atoms with E-state index in [0.717, 1.165) is 28.5 Å². The van der Waals surface area contributed by atoms with Gasteiger partial charge in [0.1, 0.15) is 12.4 Å². The minimum atomic E-state index is -0.134. The van der Waals surface area contributed by atoms with Crippen molar-refractivity contribution in [2.24, 2.45) is 0 Å². The first kappa shape index (κ1) is 21.4. The lowest BCUT2D eigenvalue weighted by Gasteiger charge is -2.27. The molecule has 0 bridgehead atoms. The monoisotopic (exact) mass is 465 g/mol. The number of thioether (sulfide) groups is 1. The van der Waals surface area contributed by atoms with E-state index < -0.39 is 0 Å². The van der Waals surface area contributed by atoms with Gasteiger partial charge in [0.05, 0.1) is 24.1 Å². The predicted octanol–water partition coefficient (Wildman–Crippen LogP) is 4.87. The Morgan fingerprint density at radius 3 is 2.76 bits per heavy atom. The fraction of sp³-hybridized carbons (Fsp3) is 0.292. The molecule has 0 fully saturated rings. The first-order chi connectivity index (χ1) is 16.0. The molecule has 0 N–H and O–H groups in total. The molecule has 0 spiro atoms. The molecule has 4 aromatic rings. The molecule has 8 nitrogen and oxygen atoms in total. The fourth-order valence-corrected chi connectivity index (χ4v) is 4.56. The molecule has 0 amide bonds. The summed E-state index contributed by atoms with van der Waals surface area (Å²) in [7, 11) is 0. The summed E-state index contributed by atoms with van der Waals surface area (Å²) in [5.41, 5.74) is 3.34. The number of hydrogen-bond acceptors (Lipinski definition) is 8. The molecule has 0 aliphatic carbocycles. The van der Waals surface area contributed by atoms with Crippen LogP contribution in [0.15, 0.2) is 56.7 Å². The summed E-state index contributed by atoms with van der Waals surface area (Å²) >= 11 is 1.22. The number of nitrogens with zero attached hydrogens (tertiary/aromatic N) is 3. The van der Waals surface area contributed by atoms with Crippen molar-refractivity contribution in [1.82, 2.24) is 14.8 Å². The molecular formula is C24H23N3O5S. The number of fused-ring (bicyclic) bond motifs is 1. The fourth-order valence-electron chi connectivity index (χ4n) is 3.91. The van der Waals surface area contributed by atoms with E-state index in [1.54, 1.807) is 12.3 Å². The number of ketones is 1. The molecule has 1 aliphatic rings. The van der Waals surface area contributed by atoms with Crippen molar-refractivity contribution in [3.63, 3.8) is 0 Å². The highest BCUT2D eigenvalue weighted by Crippen LogP contribution is 2.32. The van der Waals surface area contributed by atoms with E-state index in [-0.39, 0.29) is 17.6 Å². The maximum Gasteiger partial charge on any atom is 0.277 e. The van der Waals surface area contributed by atoms with Gasteiger partial charge in [0.2, 0.25) is 0 Å². The molecule has 1 aromatic carbocycles. The summed E-state index contributed by atoms with van der Waals surface area (Å²) in [6.07, 6.45) is 1.44. The van der Waals surface area contributed by atoms with Crippen LogP contribution in [0.25, 0.3) is 11.5 Å². The second-order valence-electron chi connectivity index (χ2n) is 7.87. The highest BCUT2D eigenvalue weighted by molar-refractivity contribution is 7.99. The molecule has 1 aliphatic heterocycles. The average molecular weight is 466 g/mol. The molecule has 3 aromatic heterocycles. The summed E-state index contributed by atoms with van der Waals surface area (Å²) in [5.74, 6) is 2.79. The molecular weight excluding hydrogens is 442 g/mol. The van der Waals surface area contributed by atoms with Gasteiger partial charge < -0.3 is 22.9 Å². The second kappa shape index (κ2) is 8.82. The van der Waals surface area contributed by atoms with Crippen molar-refractivity contribution in [2.75, 3.05) is 12.4 Å². The lowest BCUT2D eigenvalue weighted by molar-refractivity contribution is 0.0777. The second-order valence-corrected chi connectivity index (χ2v) is 8.80. The zero-order valence-corrected chi connectivity index (χ0v) is 19.3. The number of benzene rings is 1. The van der Waals surface area contributed by atoms with Crippen LogP contribution >= 0.6 is 11.8 Å². The third-order valence-corrected chi connectivity index (χ3v) is 6.47. The largest absolute Gasteiger partial charge is 0.486 e. The number of carbonyl (C=O) groups is 1. The highest BCUT2D eigenvalue weighted by atomic mass is 32.2. The van der Waals surface area contributed by atoms with E-state index in [1.165, 1.54) is 11.8 Å². The molecule has 0 radical (unpaired) electrons. The number of rotatable bonds is 7. The van der Waals surface area contributed by atoms with Crippen LogP contribution < -0.4 is 9.47 Å². The Balaban J connectivity index is 1.24. The number of ether oxygens (including phenoxy) is 2. The maximum atomic E-state index is 13.0. The average Bonchev–Trinajstić information content (AvgIpc) is 3.53. The minimum Gasteiger partial charge on any atom is -0.486 e. The Kier molecular flexibility index (Phi) is 5.72. The molecule has 4 heterocycles. The number of aryl methyl sites for hydroxylation is 2. The summed E-state index contributed by atoms with van der Waals surface area (Å²) < 4.78 is 25.0. The maximum absolute atomic E-state index is 13.0. The van der Waals surface area contributed by atoms with Crippen molar-refractivity contribution in [1.29, 1.82) is 0 Å². The number of carbonyl (C=O) groups excluding carboxylic acids is 1. The Labute approximate surface area is 194 Å². The number of Topliss-reactive ketones (excluding diaryl/α,β-unsaturated/α-hetero) is 1. The zero-order valence-electron chi connectivity index (χ0n) is 18.5. The molecule has 0 unspecified atom stereocenters. The van der Waals surface area contributed by atoms with Crippen LogP contribution in [0.1, 0.15) is 27.5 Å². The van der Waals surface area contributed by atoms with Gasteiger partial charge in [-0.25, -0.2) is 0 Å². The Hall–Kier alpha value is -3.46. The van der Waals surface area contributed by atoms with E-state index in [0.29, 0.717) is 35.6 Å². The van der Waals surface area contributed by atoms with Gasteiger partial charge >= 0.3 is 0 Å². The summed E-state index contributed by atoms with van der Waals surface area (Å²) in [6, 6.07) is 11.3. The predicted molar refractivity (Wildman–Crippen MR) is 122 cm³/mol. The molecule has 1 atom stereocenters. The first-order valence-corrected chi connectivity index (χ1v) is 11.6. The number of para-hydroxylation sites is 2. The van der Waals surface area contributed by atoms with Crippen LogP contribution in [0, 0.1) is 20.8 Å². The third kappa shape index (κ3) is 4.28. The van der Waals surface area contributed by atoms with Crippen LogP contribution in [0.4, 0.5) is 0 Å². The first-order valence-electron chi connectivity index (χ1n) is 10.6. The van der Waals surface area contributed by atoms with Crippen molar-refractivity contribution in [2.45, 2.75) is 38.6 Å². The van der Waals surface area contributed by atoms with Gasteiger partial charge in [-0.2, -0.15) is 0 Å². The van der Waals surface area contributed by atoms with E-state index in [2.05, 4.69) is 14.8 Å². The van der Waals surface area contributed by atoms with Crippen molar-refractivity contribution < 1.29 is 23.1 Å². The van der Waals surface area contributed by atoms with E-state index in [9.17, 15) is 4.79 Å². The molecule has 5 rings (SSSR count). The number of furan rings is 1. The van der Waals surface area contributed by atoms with Gasteiger partial charge in [0, 0.05) is 17.0 Å². The Morgan fingerprint density at radius 2 is 1.97 bits per heavy atom. The van der Waals surface area contributed by atoms with E-state index in [1.807, 2.05) is 51.1 Å². The highest BCUT2D eigenvalue weighted by Gasteiger charge is 2.24. The SMILES string of the molecule is Cc1occc1-c1nnc(SCC(=O)c2cc(C)n(C[C@H]3COc4ccccc4O3)c2C)o1. The topological polar surface area (TPSA) is 92.5 Å². The normalized spacial score (nSPS) is 15.1. The minimum absolute atomic E-state index is 0.00440. The lowest BCUT2D eigenvalue weighted by atomic mass is 10.2. The third-order valence-electron chi connectivity index (χ3n) is 5.65. The summed E-state index contributed by atoms with van der Waals surface area (Å²) in [6.45, 7) is 6.84. The summed E-state index contributed by atoms with van der Waals surface area (Å²) in [5, 5.41) is 8.43. The van der Waals surface area contributed by atoms with Crippen molar-refractivity contribution >= 4 is 17.5 Å². The van der Waals surface area contributed by atoms with E-state index >= 15 is 0 Å². The quantitative estimate of drug-likeness (QED) is 0.282. The van der Waals surface area contributed by atoms with Crippen LogP contribution in [0.3, 0.4) is 0 Å². The molecule has 0 saturated carbocycles. The molecule has 170 valence electrons. The van der Waals surface area contributed by atoms with Crippen LogP contribution in [0.5, 0.6) is 11.5 Å². The van der Waals surface area contributed by atoms with Gasteiger partial charge in [0.15, 0.2) is 23.4 Å². The zero-order chi connectivity index (χ0) is 22.9. The number of aromatic nitrogens is 3. The Morgan fingerprint density at radius 1 is 1.15 bits per heavy atom. The van der Waals surface area contributed by atoms with Gasteiger partial charge in [-0.05, 0) is 45.0 Å². The van der Waals surface area contributed by atoms with Gasteiger partial charge in [-0.15, -0.1) is 10.2 Å². The smallest absolute Gasteiger partial charge is 0.277 e. The molecule has 0 saturated heterocycles. The number of hydrogen-bond donors (Lipinski definition) is 0. The molecule has 33 heavy (non-hydrogen) atoms. The van der Waals surface area contributed by atoms with E-state index in [4.69, 9.17) is 18.3 Å². The van der Waals surface area contributed by atoms with Gasteiger partial charge in [0.25, 0.3) is 11.1 Å². The lowest BCUT2D eigenvalue weighted by Crippen LogP contribution is -2.33. The van der Waals surface area contributed by atoms with Crippen molar-refractivity contribution in [3.8, 4) is 23.0 Å². The van der Waals surface area contributed by atoms with Gasteiger partial charge in [-0.1, -0.05) is 23.9 Å². The molecule has 9 heteroatoms. The van der Waals surface area contributed by atoms with Crippen LogP contribution in [0.2, 0.25) is 0 Å².